The van der Waals surface area contributed by atoms with Crippen LogP contribution in [0.25, 0.3) is 0 Å². The SMILES string of the molecule is CCCCCCC(C)NC(=NCc1cccc(OCC(N)=O)c1)NCC.I. The van der Waals surface area contributed by atoms with Gasteiger partial charge >= 0.3 is 0 Å². The zero-order chi connectivity index (χ0) is 19.2. The van der Waals surface area contributed by atoms with Crippen molar-refractivity contribution in [3.8, 4) is 5.75 Å². The molecule has 0 aliphatic carbocycles. The summed E-state index contributed by atoms with van der Waals surface area (Å²) in [5.74, 6) is 0.956. The number of amides is 1. The molecule has 1 atom stereocenters. The van der Waals surface area contributed by atoms with E-state index in [0.717, 1.165) is 24.5 Å². The summed E-state index contributed by atoms with van der Waals surface area (Å²) in [5, 5.41) is 6.75. The summed E-state index contributed by atoms with van der Waals surface area (Å²) >= 11 is 0. The highest BCUT2D eigenvalue weighted by Crippen LogP contribution is 2.14. The van der Waals surface area contributed by atoms with Crippen molar-refractivity contribution < 1.29 is 9.53 Å². The maximum atomic E-state index is 10.8. The van der Waals surface area contributed by atoms with Crippen LogP contribution in [0.15, 0.2) is 29.3 Å². The number of benzene rings is 1. The van der Waals surface area contributed by atoms with E-state index < -0.39 is 5.91 Å². The Hall–Kier alpha value is -1.51. The fraction of sp³-hybridized carbons (Fsp3) is 0.600. The zero-order valence-electron chi connectivity index (χ0n) is 16.8. The van der Waals surface area contributed by atoms with Gasteiger partial charge in [-0.2, -0.15) is 0 Å². The van der Waals surface area contributed by atoms with Gasteiger partial charge in [0.05, 0.1) is 6.54 Å². The highest BCUT2D eigenvalue weighted by Gasteiger charge is 2.05. The van der Waals surface area contributed by atoms with Crippen molar-refractivity contribution in [1.29, 1.82) is 0 Å². The van der Waals surface area contributed by atoms with E-state index in [1.165, 1.54) is 25.7 Å². The lowest BCUT2D eigenvalue weighted by molar-refractivity contribution is -0.119. The number of hydrogen-bond donors (Lipinski definition) is 3. The van der Waals surface area contributed by atoms with E-state index in [4.69, 9.17) is 10.5 Å². The van der Waals surface area contributed by atoms with Gasteiger partial charge in [0.25, 0.3) is 5.91 Å². The number of carbonyl (C=O) groups excluding carboxylic acids is 1. The highest BCUT2D eigenvalue weighted by atomic mass is 127. The summed E-state index contributed by atoms with van der Waals surface area (Å²) in [6.07, 6.45) is 6.22. The highest BCUT2D eigenvalue weighted by molar-refractivity contribution is 14.0. The Morgan fingerprint density at radius 1 is 1.26 bits per heavy atom. The molecule has 27 heavy (non-hydrogen) atoms. The third kappa shape index (κ3) is 12.5. The van der Waals surface area contributed by atoms with E-state index in [0.29, 0.717) is 18.3 Å². The molecule has 0 heterocycles. The molecule has 1 amide bonds. The number of hydrogen-bond acceptors (Lipinski definition) is 3. The van der Waals surface area contributed by atoms with Crippen LogP contribution in [-0.4, -0.2) is 31.1 Å². The third-order valence-corrected chi connectivity index (χ3v) is 3.92. The van der Waals surface area contributed by atoms with Crippen molar-refractivity contribution in [1.82, 2.24) is 10.6 Å². The first-order chi connectivity index (χ1) is 12.5. The average molecular weight is 490 g/mol. The summed E-state index contributed by atoms with van der Waals surface area (Å²) < 4.78 is 5.34. The van der Waals surface area contributed by atoms with Gasteiger partial charge in [0, 0.05) is 12.6 Å². The van der Waals surface area contributed by atoms with Gasteiger partial charge in [-0.15, -0.1) is 24.0 Å². The Balaban J connectivity index is 0.00000676. The Morgan fingerprint density at radius 2 is 2.04 bits per heavy atom. The Bertz CT molecular complexity index is 567. The maximum Gasteiger partial charge on any atom is 0.255 e. The molecule has 0 bridgehead atoms. The molecule has 0 aromatic heterocycles. The Morgan fingerprint density at radius 3 is 2.70 bits per heavy atom. The van der Waals surface area contributed by atoms with Crippen molar-refractivity contribution in [2.24, 2.45) is 10.7 Å². The van der Waals surface area contributed by atoms with Crippen molar-refractivity contribution in [2.45, 2.75) is 65.5 Å². The fourth-order valence-electron chi connectivity index (χ4n) is 2.56. The molecule has 0 aliphatic rings. The first-order valence-corrected chi connectivity index (χ1v) is 9.60. The van der Waals surface area contributed by atoms with Crippen molar-refractivity contribution >= 4 is 35.8 Å². The van der Waals surface area contributed by atoms with E-state index in [9.17, 15) is 4.79 Å². The minimum atomic E-state index is -0.486. The van der Waals surface area contributed by atoms with Crippen LogP contribution in [0, 0.1) is 0 Å². The molecule has 1 aromatic carbocycles. The second kappa shape index (κ2) is 15.5. The molecule has 0 radical (unpaired) electrons. The van der Waals surface area contributed by atoms with Gasteiger partial charge in [-0.3, -0.25) is 4.79 Å². The molecule has 0 spiro atoms. The van der Waals surface area contributed by atoms with Crippen LogP contribution < -0.4 is 21.1 Å². The average Bonchev–Trinajstić information content (AvgIpc) is 2.62. The molecular weight excluding hydrogens is 455 g/mol. The second-order valence-electron chi connectivity index (χ2n) is 6.49. The summed E-state index contributed by atoms with van der Waals surface area (Å²) in [4.78, 5) is 15.5. The molecule has 1 aromatic rings. The third-order valence-electron chi connectivity index (χ3n) is 3.92. The number of nitrogens with two attached hydrogens (primary N) is 1. The molecule has 6 nitrogen and oxygen atoms in total. The fourth-order valence-corrected chi connectivity index (χ4v) is 2.56. The Labute approximate surface area is 180 Å². The van der Waals surface area contributed by atoms with E-state index >= 15 is 0 Å². The van der Waals surface area contributed by atoms with Gasteiger partial charge in [0.15, 0.2) is 12.6 Å². The molecule has 4 N–H and O–H groups in total. The van der Waals surface area contributed by atoms with Gasteiger partial charge in [0.2, 0.25) is 0 Å². The van der Waals surface area contributed by atoms with Crippen molar-refractivity contribution in [3.63, 3.8) is 0 Å². The quantitative estimate of drug-likeness (QED) is 0.181. The minimum absolute atomic E-state index is 0. The van der Waals surface area contributed by atoms with Crippen LogP contribution >= 0.6 is 24.0 Å². The molecule has 7 heteroatoms. The van der Waals surface area contributed by atoms with Crippen molar-refractivity contribution in [2.75, 3.05) is 13.2 Å². The summed E-state index contributed by atoms with van der Waals surface area (Å²) in [7, 11) is 0. The number of guanidine groups is 1. The van der Waals surface area contributed by atoms with Crippen molar-refractivity contribution in [3.05, 3.63) is 29.8 Å². The summed E-state index contributed by atoms with van der Waals surface area (Å²) in [6, 6.07) is 7.94. The van der Waals surface area contributed by atoms with Crippen LogP contribution in [0.4, 0.5) is 0 Å². The minimum Gasteiger partial charge on any atom is -0.484 e. The number of nitrogens with one attached hydrogen (secondary N) is 2. The predicted molar refractivity (Wildman–Crippen MR) is 123 cm³/mol. The van der Waals surface area contributed by atoms with Crippen LogP contribution in [0.3, 0.4) is 0 Å². The molecule has 1 unspecified atom stereocenters. The number of carbonyl (C=O) groups is 1. The predicted octanol–water partition coefficient (Wildman–Crippen LogP) is 3.58. The van der Waals surface area contributed by atoms with Gasteiger partial charge in [0.1, 0.15) is 5.75 Å². The maximum absolute atomic E-state index is 10.8. The van der Waals surface area contributed by atoms with Crippen LogP contribution in [0.5, 0.6) is 5.75 Å². The lowest BCUT2D eigenvalue weighted by Gasteiger charge is -2.18. The number of unbranched alkanes of at least 4 members (excludes halogenated alkanes) is 3. The van der Waals surface area contributed by atoms with Crippen LogP contribution in [0.2, 0.25) is 0 Å². The van der Waals surface area contributed by atoms with E-state index in [-0.39, 0.29) is 30.6 Å². The number of ether oxygens (including phenoxy) is 1. The van der Waals surface area contributed by atoms with Crippen LogP contribution in [0.1, 0.15) is 58.4 Å². The van der Waals surface area contributed by atoms with E-state index in [1.807, 2.05) is 18.2 Å². The monoisotopic (exact) mass is 490 g/mol. The van der Waals surface area contributed by atoms with E-state index in [2.05, 4.69) is 36.4 Å². The molecular formula is C20H35IN4O2. The normalized spacial score (nSPS) is 12.0. The van der Waals surface area contributed by atoms with Gasteiger partial charge in [-0.05, 0) is 38.0 Å². The topological polar surface area (TPSA) is 88.7 Å². The first kappa shape index (κ1) is 25.5. The van der Waals surface area contributed by atoms with E-state index in [1.54, 1.807) is 6.07 Å². The lowest BCUT2D eigenvalue weighted by atomic mass is 10.1. The molecule has 154 valence electrons. The number of rotatable bonds is 12. The summed E-state index contributed by atoms with van der Waals surface area (Å²) in [5.41, 5.74) is 6.12. The van der Waals surface area contributed by atoms with Crippen LogP contribution in [-0.2, 0) is 11.3 Å². The standard InChI is InChI=1S/C20H34N4O2.HI/c1-4-6-7-8-10-16(3)24-20(22-5-2)23-14-17-11-9-12-18(13-17)26-15-19(21)25;/h9,11-13,16H,4-8,10,14-15H2,1-3H3,(H2,21,25)(H2,22,23,24);1H. The largest absolute Gasteiger partial charge is 0.484 e. The smallest absolute Gasteiger partial charge is 0.255 e. The number of nitrogens with zero attached hydrogens (tertiary/aromatic N) is 1. The second-order valence-corrected chi connectivity index (χ2v) is 6.49. The zero-order valence-corrected chi connectivity index (χ0v) is 19.1. The number of halogens is 1. The first-order valence-electron chi connectivity index (χ1n) is 9.60. The van der Waals surface area contributed by atoms with Gasteiger partial charge in [-0.25, -0.2) is 4.99 Å². The Kier molecular flexibility index (Phi) is 14.7. The molecule has 0 fully saturated rings. The van der Waals surface area contributed by atoms with Gasteiger partial charge in [-0.1, -0.05) is 44.7 Å². The summed E-state index contributed by atoms with van der Waals surface area (Å²) in [6.45, 7) is 7.71. The number of primary amides is 1. The molecule has 0 saturated heterocycles. The lowest BCUT2D eigenvalue weighted by Crippen LogP contribution is -2.42. The molecule has 0 saturated carbocycles. The number of aliphatic imine (C=N–C) groups is 1. The molecule has 0 aliphatic heterocycles. The van der Waals surface area contributed by atoms with Gasteiger partial charge < -0.3 is 21.1 Å². The molecule has 1 rings (SSSR count).